The van der Waals surface area contributed by atoms with E-state index in [4.69, 9.17) is 5.73 Å². The molecule has 0 spiro atoms. The summed E-state index contributed by atoms with van der Waals surface area (Å²) in [5, 5.41) is 8.39. The molecule has 0 aliphatic carbocycles. The first kappa shape index (κ1) is 12.8. The number of aromatic nitrogens is 3. The van der Waals surface area contributed by atoms with Crippen molar-refractivity contribution >= 4 is 11.0 Å². The van der Waals surface area contributed by atoms with Crippen LogP contribution in [0.25, 0.3) is 16.7 Å². The van der Waals surface area contributed by atoms with Gasteiger partial charge in [0.05, 0.1) is 11.2 Å². The normalized spacial score (nSPS) is 12.7. The molecule has 0 radical (unpaired) electrons. The van der Waals surface area contributed by atoms with E-state index in [9.17, 15) is 0 Å². The van der Waals surface area contributed by atoms with Gasteiger partial charge in [0.2, 0.25) is 0 Å². The Morgan fingerprint density at radius 1 is 1.10 bits per heavy atom. The van der Waals surface area contributed by atoms with Crippen molar-refractivity contribution in [1.82, 2.24) is 15.0 Å². The van der Waals surface area contributed by atoms with Gasteiger partial charge in [0, 0.05) is 6.04 Å². The van der Waals surface area contributed by atoms with Crippen molar-refractivity contribution in [1.29, 1.82) is 0 Å². The van der Waals surface area contributed by atoms with E-state index in [0.29, 0.717) is 0 Å². The van der Waals surface area contributed by atoms with Crippen LogP contribution in [0.5, 0.6) is 0 Å². The van der Waals surface area contributed by atoms with E-state index in [-0.39, 0.29) is 6.04 Å². The summed E-state index contributed by atoms with van der Waals surface area (Å²) in [5.41, 5.74) is 10.2. The summed E-state index contributed by atoms with van der Waals surface area (Å²) in [6.07, 6.45) is 1.91. The molecule has 102 valence electrons. The van der Waals surface area contributed by atoms with Crippen LogP contribution in [-0.4, -0.2) is 21.0 Å². The summed E-state index contributed by atoms with van der Waals surface area (Å²) in [5.74, 6) is 0. The lowest BCUT2D eigenvalue weighted by molar-refractivity contribution is 0.646. The van der Waals surface area contributed by atoms with Gasteiger partial charge in [-0.3, -0.25) is 0 Å². The third-order valence-electron chi connectivity index (χ3n) is 3.55. The Hall–Kier alpha value is -2.20. The van der Waals surface area contributed by atoms with Gasteiger partial charge in [-0.15, -0.1) is 5.10 Å². The van der Waals surface area contributed by atoms with Crippen molar-refractivity contribution in [2.45, 2.75) is 25.8 Å². The quantitative estimate of drug-likeness (QED) is 0.790. The topological polar surface area (TPSA) is 56.7 Å². The van der Waals surface area contributed by atoms with Gasteiger partial charge in [-0.2, -0.15) is 0 Å². The molecule has 4 nitrogen and oxygen atoms in total. The highest BCUT2D eigenvalue weighted by molar-refractivity contribution is 5.75. The van der Waals surface area contributed by atoms with Crippen LogP contribution in [-0.2, 0) is 6.42 Å². The summed E-state index contributed by atoms with van der Waals surface area (Å²) in [6.45, 7) is 2.11. The van der Waals surface area contributed by atoms with Crippen molar-refractivity contribution in [2.24, 2.45) is 5.73 Å². The Bertz CT molecular complexity index is 700. The van der Waals surface area contributed by atoms with Crippen LogP contribution in [0.3, 0.4) is 0 Å². The first-order chi connectivity index (χ1) is 9.78. The van der Waals surface area contributed by atoms with E-state index in [1.165, 1.54) is 5.56 Å². The van der Waals surface area contributed by atoms with Crippen LogP contribution in [0.1, 0.15) is 18.9 Å². The van der Waals surface area contributed by atoms with Crippen molar-refractivity contribution in [2.75, 3.05) is 0 Å². The van der Waals surface area contributed by atoms with Gasteiger partial charge in [0.15, 0.2) is 0 Å². The largest absolute Gasteiger partial charge is 0.327 e. The minimum atomic E-state index is 0.230. The van der Waals surface area contributed by atoms with E-state index >= 15 is 0 Å². The number of nitrogens with zero attached hydrogens (tertiary/aromatic N) is 3. The van der Waals surface area contributed by atoms with Crippen LogP contribution >= 0.6 is 0 Å². The molecule has 0 aliphatic rings. The van der Waals surface area contributed by atoms with Gasteiger partial charge in [-0.05, 0) is 42.7 Å². The molecule has 1 atom stereocenters. The minimum absolute atomic E-state index is 0.230. The van der Waals surface area contributed by atoms with E-state index in [1.807, 2.05) is 28.9 Å². The fourth-order valence-electron chi connectivity index (χ4n) is 2.28. The van der Waals surface area contributed by atoms with Gasteiger partial charge < -0.3 is 5.73 Å². The lowest BCUT2D eigenvalue weighted by Gasteiger charge is -2.09. The number of hydrogen-bond donors (Lipinski definition) is 1. The maximum Gasteiger partial charge on any atom is 0.113 e. The molecule has 0 bridgehead atoms. The Balaban J connectivity index is 1.91. The van der Waals surface area contributed by atoms with Crippen molar-refractivity contribution in [3.05, 3.63) is 54.1 Å². The number of hydrogen-bond acceptors (Lipinski definition) is 3. The second-order valence-electron chi connectivity index (χ2n) is 5.03. The summed E-state index contributed by atoms with van der Waals surface area (Å²) in [7, 11) is 0. The highest BCUT2D eigenvalue weighted by Crippen LogP contribution is 2.16. The molecule has 0 aliphatic heterocycles. The molecule has 2 aromatic carbocycles. The summed E-state index contributed by atoms with van der Waals surface area (Å²) < 4.78 is 1.86. The van der Waals surface area contributed by atoms with E-state index in [0.717, 1.165) is 29.6 Å². The lowest BCUT2D eigenvalue weighted by Crippen LogP contribution is -2.21. The third-order valence-corrected chi connectivity index (χ3v) is 3.55. The zero-order valence-electron chi connectivity index (χ0n) is 11.5. The SMILES string of the molecule is CCC(N)Cc1ccc(-n2nnc3ccccc32)cc1. The van der Waals surface area contributed by atoms with Crippen LogP contribution in [0, 0.1) is 0 Å². The molecule has 4 heteroatoms. The first-order valence-electron chi connectivity index (χ1n) is 6.93. The predicted octanol–water partition coefficient (Wildman–Crippen LogP) is 2.70. The Morgan fingerprint density at radius 2 is 1.85 bits per heavy atom. The molecular weight excluding hydrogens is 248 g/mol. The van der Waals surface area contributed by atoms with Crippen molar-refractivity contribution < 1.29 is 0 Å². The van der Waals surface area contributed by atoms with Gasteiger partial charge >= 0.3 is 0 Å². The summed E-state index contributed by atoms with van der Waals surface area (Å²) >= 11 is 0. The highest BCUT2D eigenvalue weighted by atomic mass is 15.4. The van der Waals surface area contributed by atoms with Crippen LogP contribution < -0.4 is 5.73 Å². The molecule has 0 saturated carbocycles. The molecule has 1 heterocycles. The molecule has 20 heavy (non-hydrogen) atoms. The molecular formula is C16H18N4. The monoisotopic (exact) mass is 266 g/mol. The zero-order chi connectivity index (χ0) is 13.9. The predicted molar refractivity (Wildman–Crippen MR) is 80.8 cm³/mol. The van der Waals surface area contributed by atoms with Crippen LogP contribution in [0.2, 0.25) is 0 Å². The Morgan fingerprint density at radius 3 is 2.60 bits per heavy atom. The Kier molecular flexibility index (Phi) is 3.48. The molecule has 1 aromatic heterocycles. The average Bonchev–Trinajstić information content (AvgIpc) is 2.92. The molecule has 3 rings (SSSR count). The van der Waals surface area contributed by atoms with Crippen molar-refractivity contribution in [3.8, 4) is 5.69 Å². The zero-order valence-corrected chi connectivity index (χ0v) is 11.5. The number of nitrogens with two attached hydrogens (primary N) is 1. The van der Waals surface area contributed by atoms with Crippen molar-refractivity contribution in [3.63, 3.8) is 0 Å². The second kappa shape index (κ2) is 5.43. The average molecular weight is 266 g/mol. The molecule has 0 fully saturated rings. The fraction of sp³-hybridized carbons (Fsp3) is 0.250. The first-order valence-corrected chi connectivity index (χ1v) is 6.93. The lowest BCUT2D eigenvalue weighted by atomic mass is 10.0. The minimum Gasteiger partial charge on any atom is -0.327 e. The maximum absolute atomic E-state index is 5.98. The molecule has 3 aromatic rings. The van der Waals surface area contributed by atoms with E-state index in [2.05, 4.69) is 41.5 Å². The molecule has 1 unspecified atom stereocenters. The molecule has 2 N–H and O–H groups in total. The second-order valence-corrected chi connectivity index (χ2v) is 5.03. The van der Waals surface area contributed by atoms with E-state index < -0.39 is 0 Å². The summed E-state index contributed by atoms with van der Waals surface area (Å²) in [4.78, 5) is 0. The van der Waals surface area contributed by atoms with Crippen LogP contribution in [0.15, 0.2) is 48.5 Å². The number of benzene rings is 2. The standard InChI is InChI=1S/C16H18N4/c1-2-13(17)11-12-7-9-14(10-8-12)20-16-6-4-3-5-15(16)18-19-20/h3-10,13H,2,11,17H2,1H3. The van der Waals surface area contributed by atoms with Gasteiger partial charge in [0.25, 0.3) is 0 Å². The van der Waals surface area contributed by atoms with Gasteiger partial charge in [-0.25, -0.2) is 4.68 Å². The highest BCUT2D eigenvalue weighted by Gasteiger charge is 2.06. The van der Waals surface area contributed by atoms with E-state index in [1.54, 1.807) is 0 Å². The van der Waals surface area contributed by atoms with Gasteiger partial charge in [-0.1, -0.05) is 36.4 Å². The number of fused-ring (bicyclic) bond motifs is 1. The number of rotatable bonds is 4. The molecule has 0 saturated heterocycles. The molecule has 0 amide bonds. The summed E-state index contributed by atoms with van der Waals surface area (Å²) in [6, 6.07) is 16.5. The third kappa shape index (κ3) is 2.42. The maximum atomic E-state index is 5.98. The smallest absolute Gasteiger partial charge is 0.113 e. The fourth-order valence-corrected chi connectivity index (χ4v) is 2.28. The Labute approximate surface area is 118 Å². The van der Waals surface area contributed by atoms with Crippen LogP contribution in [0.4, 0.5) is 0 Å². The van der Waals surface area contributed by atoms with Gasteiger partial charge in [0.1, 0.15) is 5.52 Å². The number of para-hydroxylation sites is 1.